The Balaban J connectivity index is -0.0000000480. The van der Waals surface area contributed by atoms with Crippen molar-refractivity contribution in [2.45, 2.75) is 19.3 Å². The maximum atomic E-state index is 4.50. The van der Waals surface area contributed by atoms with E-state index >= 15 is 0 Å². The normalized spacial score (nSPS) is 13.0. The van der Waals surface area contributed by atoms with E-state index < -0.39 is 0 Å². The molecule has 0 aromatic heterocycles. The maximum Gasteiger partial charge on any atom is -0.00489 e. The third-order valence-electron chi connectivity index (χ3n) is 1.21. The van der Waals surface area contributed by atoms with Crippen LogP contribution in [0.1, 0.15) is 19.3 Å². The molecule has 0 aliphatic carbocycles. The van der Waals surface area contributed by atoms with E-state index in [1.807, 2.05) is 0 Å². The molecule has 0 unspecified atom stereocenters. The Labute approximate surface area is 88.5 Å². The van der Waals surface area contributed by atoms with Crippen molar-refractivity contribution < 1.29 is 0 Å². The van der Waals surface area contributed by atoms with Crippen LogP contribution in [0.15, 0.2) is 0 Å². The molecule has 1 aliphatic heterocycles. The lowest BCUT2D eigenvalue weighted by Crippen LogP contribution is -2.21. The monoisotopic (exact) mass is 219 g/mol. The number of piperidine rings is 1. The van der Waals surface area contributed by atoms with E-state index in [9.17, 15) is 0 Å². The van der Waals surface area contributed by atoms with Gasteiger partial charge in [0.2, 0.25) is 0 Å². The third-order valence-corrected chi connectivity index (χ3v) is 1.21. The van der Waals surface area contributed by atoms with Crippen molar-refractivity contribution in [1.82, 2.24) is 5.32 Å². The van der Waals surface area contributed by atoms with Gasteiger partial charge in [0, 0.05) is 0 Å². The lowest BCUT2D eigenvalue weighted by molar-refractivity contribution is 0.520. The summed E-state index contributed by atoms with van der Waals surface area (Å²) in [5, 5.41) is 3.28. The van der Waals surface area contributed by atoms with Crippen molar-refractivity contribution in [3.63, 3.8) is 0 Å². The second-order valence-electron chi connectivity index (χ2n) is 1.81. The molecule has 0 radical (unpaired) electrons. The zero-order valence-corrected chi connectivity index (χ0v) is 9.64. The predicted octanol–water partition coefficient (Wildman–Crippen LogP) is 0.753. The van der Waals surface area contributed by atoms with Gasteiger partial charge in [-0.3, -0.25) is 0 Å². The first kappa shape index (κ1) is 22.9. The van der Waals surface area contributed by atoms with Crippen LogP contribution in [0, 0.1) is 0 Å². The fourth-order valence-electron chi connectivity index (χ4n) is 0.802. The van der Waals surface area contributed by atoms with Gasteiger partial charge in [-0.1, -0.05) is 6.42 Å². The highest BCUT2D eigenvalue weighted by molar-refractivity contribution is 5.85. The molecule has 5 heteroatoms. The smallest absolute Gasteiger partial charge is 0.00489 e. The number of nitrogens with one attached hydrogen (secondary N) is 1. The van der Waals surface area contributed by atoms with Gasteiger partial charge in [-0.25, -0.2) is 0 Å². The van der Waals surface area contributed by atoms with Crippen molar-refractivity contribution in [3.8, 4) is 0 Å². The number of halogens is 2. The number of hydrogen-bond acceptors (Lipinski definition) is 3. The van der Waals surface area contributed by atoms with Gasteiger partial charge >= 0.3 is 0 Å². The first-order valence-electron chi connectivity index (χ1n) is 3.86. The largest absolute Gasteiger partial charge is 0.333 e. The van der Waals surface area contributed by atoms with Crippen molar-refractivity contribution in [2.75, 3.05) is 27.2 Å². The number of rotatable bonds is 0. The molecule has 0 amide bonds. The van der Waals surface area contributed by atoms with Crippen LogP contribution in [0.3, 0.4) is 0 Å². The minimum absolute atomic E-state index is 0. The summed E-state index contributed by atoms with van der Waals surface area (Å²) in [6.07, 6.45) is 4.22. The summed E-state index contributed by atoms with van der Waals surface area (Å²) in [5.41, 5.74) is 9.00. The summed E-state index contributed by atoms with van der Waals surface area (Å²) in [6.45, 7) is 2.50. The van der Waals surface area contributed by atoms with Crippen LogP contribution < -0.4 is 16.8 Å². The van der Waals surface area contributed by atoms with Crippen LogP contribution in [0.5, 0.6) is 0 Å². The molecule has 0 aromatic rings. The molecule has 1 heterocycles. The molecule has 80 valence electrons. The van der Waals surface area contributed by atoms with Crippen LogP contribution >= 0.6 is 24.8 Å². The Bertz CT molecular complexity index is 32.1. The Morgan fingerprint density at radius 1 is 0.750 bits per heavy atom. The van der Waals surface area contributed by atoms with Gasteiger partial charge in [-0.05, 0) is 40.0 Å². The van der Waals surface area contributed by atoms with E-state index in [1.54, 1.807) is 0 Å². The van der Waals surface area contributed by atoms with E-state index in [0.29, 0.717) is 0 Å². The fourth-order valence-corrected chi connectivity index (χ4v) is 0.802. The lowest BCUT2D eigenvalue weighted by Gasteiger charge is -2.08. The van der Waals surface area contributed by atoms with Gasteiger partial charge in [-0.15, -0.1) is 24.8 Å². The Morgan fingerprint density at radius 2 is 1.08 bits per heavy atom. The van der Waals surface area contributed by atoms with Crippen molar-refractivity contribution in [3.05, 3.63) is 0 Å². The van der Waals surface area contributed by atoms with Gasteiger partial charge in [0.05, 0.1) is 0 Å². The molecule has 1 aliphatic rings. The molecular formula is C7H23Cl2N3. The molecule has 0 spiro atoms. The summed E-state index contributed by atoms with van der Waals surface area (Å²) in [6, 6.07) is 0. The van der Waals surface area contributed by atoms with Crippen LogP contribution in [0.2, 0.25) is 0 Å². The average Bonchev–Trinajstić information content (AvgIpc) is 2.14. The van der Waals surface area contributed by atoms with Crippen LogP contribution in [-0.2, 0) is 0 Å². The van der Waals surface area contributed by atoms with Gasteiger partial charge < -0.3 is 16.8 Å². The summed E-state index contributed by atoms with van der Waals surface area (Å²) < 4.78 is 0. The van der Waals surface area contributed by atoms with Gasteiger partial charge in [-0.2, -0.15) is 0 Å². The fraction of sp³-hybridized carbons (Fsp3) is 1.00. The SMILES string of the molecule is C1CCNCC1.CN.CN.Cl.Cl. The van der Waals surface area contributed by atoms with Gasteiger partial charge in [0.15, 0.2) is 0 Å². The van der Waals surface area contributed by atoms with E-state index in [0.717, 1.165) is 0 Å². The molecular weight excluding hydrogens is 197 g/mol. The molecule has 0 atom stereocenters. The van der Waals surface area contributed by atoms with Crippen molar-refractivity contribution in [2.24, 2.45) is 11.5 Å². The van der Waals surface area contributed by atoms with Gasteiger partial charge in [0.25, 0.3) is 0 Å². The molecule has 12 heavy (non-hydrogen) atoms. The molecule has 0 saturated carbocycles. The van der Waals surface area contributed by atoms with Crippen LogP contribution in [0.4, 0.5) is 0 Å². The molecule has 0 bridgehead atoms. The van der Waals surface area contributed by atoms with Crippen LogP contribution in [0.25, 0.3) is 0 Å². The topological polar surface area (TPSA) is 64.1 Å². The molecule has 5 N–H and O–H groups in total. The molecule has 1 saturated heterocycles. The first-order valence-corrected chi connectivity index (χ1v) is 3.86. The molecule has 1 rings (SSSR count). The average molecular weight is 220 g/mol. The minimum atomic E-state index is 0. The highest BCUT2D eigenvalue weighted by atomic mass is 35.5. The lowest BCUT2D eigenvalue weighted by atomic mass is 10.2. The summed E-state index contributed by atoms with van der Waals surface area (Å²) in [5.74, 6) is 0. The third kappa shape index (κ3) is 22.4. The standard InChI is InChI=1S/C5H11N.2CH5N.2ClH/c1-2-4-6-5-3-1;2*1-2;;/h6H,1-5H2;2*2H2,1H3;2*1H. The first-order chi connectivity index (χ1) is 5.00. The van der Waals surface area contributed by atoms with E-state index in [2.05, 4.69) is 16.8 Å². The van der Waals surface area contributed by atoms with Crippen LogP contribution in [-0.4, -0.2) is 27.2 Å². The second-order valence-corrected chi connectivity index (χ2v) is 1.81. The summed E-state index contributed by atoms with van der Waals surface area (Å²) in [4.78, 5) is 0. The highest BCUT2D eigenvalue weighted by Crippen LogP contribution is 1.96. The maximum absolute atomic E-state index is 4.50. The summed E-state index contributed by atoms with van der Waals surface area (Å²) >= 11 is 0. The van der Waals surface area contributed by atoms with E-state index in [4.69, 9.17) is 0 Å². The highest BCUT2D eigenvalue weighted by Gasteiger charge is 1.93. The van der Waals surface area contributed by atoms with Crippen molar-refractivity contribution >= 4 is 24.8 Å². The van der Waals surface area contributed by atoms with E-state index in [-0.39, 0.29) is 24.8 Å². The molecule has 1 fully saturated rings. The molecule has 0 aromatic carbocycles. The van der Waals surface area contributed by atoms with Gasteiger partial charge in [0.1, 0.15) is 0 Å². The Kier molecular flexibility index (Phi) is 57.2. The summed E-state index contributed by atoms with van der Waals surface area (Å²) in [7, 11) is 3.00. The van der Waals surface area contributed by atoms with E-state index in [1.165, 1.54) is 46.4 Å². The zero-order chi connectivity index (χ0) is 8.24. The molecule has 3 nitrogen and oxygen atoms in total. The Morgan fingerprint density at radius 3 is 1.17 bits per heavy atom. The predicted molar refractivity (Wildman–Crippen MR) is 61.4 cm³/mol. The Hall–Kier alpha value is 0.460. The number of nitrogens with two attached hydrogens (primary N) is 2. The quantitative estimate of drug-likeness (QED) is 0.564. The minimum Gasteiger partial charge on any atom is -0.333 e. The number of hydrogen-bond donors (Lipinski definition) is 3. The zero-order valence-electron chi connectivity index (χ0n) is 8.01. The van der Waals surface area contributed by atoms with Crippen molar-refractivity contribution in [1.29, 1.82) is 0 Å². The second kappa shape index (κ2) is 30.0.